The average molecular weight is 585 g/mol. The molecule has 6 rings (SSSR count). The number of nitrogens with zero attached hydrogens (tertiary/aromatic N) is 3. The van der Waals surface area contributed by atoms with Gasteiger partial charge in [0.1, 0.15) is 0 Å². The maximum absolute atomic E-state index is 12.9. The zero-order chi connectivity index (χ0) is 28.0. The largest absolute Gasteiger partial charge is 0.449 e. The first kappa shape index (κ1) is 29.4. The maximum Gasteiger partial charge on any atom is 0.409 e. The van der Waals surface area contributed by atoms with Crippen LogP contribution in [0.4, 0.5) is 4.79 Å². The highest BCUT2D eigenvalue weighted by Gasteiger charge is 2.26. The molecule has 4 aromatic carbocycles. The number of fused-ring (bicyclic) bond motifs is 2. The third kappa shape index (κ3) is 6.69. The molecule has 0 saturated carbocycles. The molecule has 8 heteroatoms. The third-order valence-electron chi connectivity index (χ3n) is 8.08. The Hall–Kier alpha value is -4.07. The number of benzene rings is 4. The molecule has 0 atom stereocenters. The number of carbonyl (C=O) groups is 1. The number of para-hydroxylation sites is 2. The quantitative estimate of drug-likeness (QED) is 0.194. The second-order valence-corrected chi connectivity index (χ2v) is 10.8. The lowest BCUT2D eigenvalue weighted by Gasteiger charge is -2.32. The first-order valence-corrected chi connectivity index (χ1v) is 14.5. The van der Waals surface area contributed by atoms with Gasteiger partial charge in [0.15, 0.2) is 0 Å². The fourth-order valence-corrected chi connectivity index (χ4v) is 6.01. The zero-order valence-electron chi connectivity index (χ0n) is 23.7. The van der Waals surface area contributed by atoms with E-state index >= 15 is 0 Å². The van der Waals surface area contributed by atoms with Crippen LogP contribution in [-0.4, -0.2) is 51.7 Å². The number of halogens is 1. The molecule has 5 aromatic rings. The fraction of sp³-hybridized carbons (Fsp3) is 0.294. The summed E-state index contributed by atoms with van der Waals surface area (Å²) >= 11 is 0. The summed E-state index contributed by atoms with van der Waals surface area (Å²) in [7, 11) is 0. The monoisotopic (exact) mass is 584 g/mol. The van der Waals surface area contributed by atoms with Crippen molar-refractivity contribution in [1.82, 2.24) is 19.4 Å². The summed E-state index contributed by atoms with van der Waals surface area (Å²) < 4.78 is 7.55. The zero-order valence-corrected chi connectivity index (χ0v) is 24.5. The maximum atomic E-state index is 12.9. The van der Waals surface area contributed by atoms with Gasteiger partial charge in [-0.3, -0.25) is 9.47 Å². The van der Waals surface area contributed by atoms with Crippen molar-refractivity contribution in [1.29, 1.82) is 0 Å². The first-order valence-electron chi connectivity index (χ1n) is 14.5. The van der Waals surface area contributed by atoms with E-state index in [2.05, 4.69) is 76.6 Å². The number of amides is 1. The Balaban J connectivity index is 0.00000353. The molecule has 2 heterocycles. The van der Waals surface area contributed by atoms with Crippen molar-refractivity contribution in [3.05, 3.63) is 119 Å². The van der Waals surface area contributed by atoms with Crippen LogP contribution in [0.3, 0.4) is 0 Å². The van der Waals surface area contributed by atoms with Gasteiger partial charge >= 0.3 is 11.8 Å². The Morgan fingerprint density at radius 1 is 0.857 bits per heavy atom. The van der Waals surface area contributed by atoms with Gasteiger partial charge in [0, 0.05) is 38.8 Å². The van der Waals surface area contributed by atoms with E-state index in [-0.39, 0.29) is 30.2 Å². The van der Waals surface area contributed by atoms with Crippen molar-refractivity contribution in [2.45, 2.75) is 38.4 Å². The lowest BCUT2D eigenvalue weighted by atomic mass is 10.0. The van der Waals surface area contributed by atoms with Crippen LogP contribution >= 0.6 is 12.4 Å². The number of ether oxygens (including phenoxy) is 1. The molecular formula is C34H37ClN4O3. The minimum Gasteiger partial charge on any atom is -0.449 e. The van der Waals surface area contributed by atoms with Gasteiger partial charge in [-0.05, 0) is 53.3 Å². The lowest BCUT2D eigenvalue weighted by Crippen LogP contribution is -2.41. The molecule has 218 valence electrons. The number of hydrogen-bond acceptors (Lipinski definition) is 4. The van der Waals surface area contributed by atoms with Crippen molar-refractivity contribution in [3.63, 3.8) is 0 Å². The molecule has 1 N–H and O–H groups in total. The van der Waals surface area contributed by atoms with Crippen LogP contribution in [0, 0.1) is 0 Å². The average Bonchev–Trinajstić information content (AvgIpc) is 3.35. The van der Waals surface area contributed by atoms with Crippen molar-refractivity contribution in [3.8, 4) is 0 Å². The molecule has 0 bridgehead atoms. The number of rotatable bonds is 9. The fourth-order valence-electron chi connectivity index (χ4n) is 6.01. The smallest absolute Gasteiger partial charge is 0.409 e. The van der Waals surface area contributed by atoms with E-state index in [1.165, 1.54) is 21.9 Å². The van der Waals surface area contributed by atoms with Crippen LogP contribution in [0.2, 0.25) is 0 Å². The Morgan fingerprint density at radius 2 is 1.57 bits per heavy atom. The molecule has 0 aliphatic carbocycles. The summed E-state index contributed by atoms with van der Waals surface area (Å²) in [6, 6.07) is 33.3. The van der Waals surface area contributed by atoms with E-state index in [1.54, 1.807) is 4.90 Å². The topological polar surface area (TPSA) is 70.6 Å². The van der Waals surface area contributed by atoms with Crippen LogP contribution in [-0.2, 0) is 17.8 Å². The number of aromatic amines is 1. The van der Waals surface area contributed by atoms with Crippen LogP contribution in [0.5, 0.6) is 0 Å². The molecule has 1 aliphatic heterocycles. The van der Waals surface area contributed by atoms with E-state index in [1.807, 2.05) is 34.9 Å². The summed E-state index contributed by atoms with van der Waals surface area (Å²) in [6.45, 7) is 4.01. The number of piperidine rings is 1. The molecule has 1 saturated heterocycles. The standard InChI is InChI=1S/C34H36N4O3.ClH/c39-33-35-31-16-6-7-17-32(31)38(33)29-18-21-37(22-19-29)34(40)41-23-9-20-36(24-26-10-2-1-3-11-26)25-28-14-8-13-27-12-4-5-15-30(27)28;/h1-8,10-17,29H,9,18-25H2,(H,35,39);1H. The van der Waals surface area contributed by atoms with Crippen LogP contribution in [0.1, 0.15) is 36.4 Å². The van der Waals surface area contributed by atoms with Gasteiger partial charge in [0.05, 0.1) is 17.6 Å². The number of carbonyl (C=O) groups excluding carboxylic acids is 1. The molecule has 0 spiro atoms. The lowest BCUT2D eigenvalue weighted by molar-refractivity contribution is 0.0841. The highest BCUT2D eigenvalue weighted by molar-refractivity contribution is 5.86. The van der Waals surface area contributed by atoms with E-state index < -0.39 is 0 Å². The minimum absolute atomic E-state index is 0. The summed E-state index contributed by atoms with van der Waals surface area (Å²) in [5.41, 5.74) is 4.24. The Morgan fingerprint density at radius 3 is 2.40 bits per heavy atom. The van der Waals surface area contributed by atoms with Crippen molar-refractivity contribution < 1.29 is 9.53 Å². The van der Waals surface area contributed by atoms with Gasteiger partial charge in [-0.1, -0.05) is 84.9 Å². The normalized spacial score (nSPS) is 13.9. The third-order valence-corrected chi connectivity index (χ3v) is 8.08. The van der Waals surface area contributed by atoms with E-state index in [0.717, 1.165) is 49.9 Å². The van der Waals surface area contributed by atoms with Crippen molar-refractivity contribution in [2.24, 2.45) is 0 Å². The van der Waals surface area contributed by atoms with Crippen LogP contribution in [0.25, 0.3) is 21.8 Å². The number of nitrogens with one attached hydrogen (secondary N) is 1. The van der Waals surface area contributed by atoms with Gasteiger partial charge in [-0.15, -0.1) is 12.4 Å². The number of hydrogen-bond donors (Lipinski definition) is 1. The summed E-state index contributed by atoms with van der Waals surface area (Å²) in [5, 5.41) is 2.52. The Labute approximate surface area is 252 Å². The second-order valence-electron chi connectivity index (χ2n) is 10.8. The summed E-state index contributed by atoms with van der Waals surface area (Å²) in [5.74, 6) is 0. The molecule has 0 radical (unpaired) electrons. The summed E-state index contributed by atoms with van der Waals surface area (Å²) in [6.07, 6.45) is 1.95. The Kier molecular flexibility index (Phi) is 9.62. The Bertz CT molecular complexity index is 1670. The minimum atomic E-state index is -0.265. The van der Waals surface area contributed by atoms with Crippen LogP contribution in [0.15, 0.2) is 102 Å². The highest BCUT2D eigenvalue weighted by Crippen LogP contribution is 2.25. The van der Waals surface area contributed by atoms with E-state index in [0.29, 0.717) is 19.7 Å². The van der Waals surface area contributed by atoms with Crippen molar-refractivity contribution in [2.75, 3.05) is 26.2 Å². The molecule has 7 nitrogen and oxygen atoms in total. The van der Waals surface area contributed by atoms with Crippen molar-refractivity contribution >= 4 is 40.3 Å². The van der Waals surface area contributed by atoms with E-state index in [9.17, 15) is 9.59 Å². The molecule has 42 heavy (non-hydrogen) atoms. The highest BCUT2D eigenvalue weighted by atomic mass is 35.5. The molecule has 1 aliphatic rings. The summed E-state index contributed by atoms with van der Waals surface area (Å²) in [4.78, 5) is 32.6. The number of likely N-dealkylation sites (tertiary alicyclic amines) is 1. The second kappa shape index (κ2) is 13.7. The molecule has 1 amide bonds. The van der Waals surface area contributed by atoms with Gasteiger partial charge in [-0.25, -0.2) is 9.59 Å². The van der Waals surface area contributed by atoms with Gasteiger partial charge in [0.2, 0.25) is 0 Å². The molecule has 1 aromatic heterocycles. The molecular weight excluding hydrogens is 548 g/mol. The van der Waals surface area contributed by atoms with Crippen LogP contribution < -0.4 is 5.69 Å². The predicted molar refractivity (Wildman–Crippen MR) is 170 cm³/mol. The van der Waals surface area contributed by atoms with E-state index in [4.69, 9.17) is 4.74 Å². The molecule has 1 fully saturated rings. The molecule has 0 unspecified atom stereocenters. The first-order chi connectivity index (χ1) is 20.2. The van der Waals surface area contributed by atoms with Gasteiger partial charge in [-0.2, -0.15) is 0 Å². The van der Waals surface area contributed by atoms with Gasteiger partial charge < -0.3 is 14.6 Å². The number of imidazole rings is 1. The number of aromatic nitrogens is 2. The number of H-pyrrole nitrogens is 1. The SMILES string of the molecule is Cl.O=C(OCCCN(Cc1ccccc1)Cc1cccc2ccccc12)N1CCC(n2c(=O)[nH]c3ccccc32)CC1. The van der Waals surface area contributed by atoms with Gasteiger partial charge in [0.25, 0.3) is 0 Å². The predicted octanol–water partition coefficient (Wildman–Crippen LogP) is 6.77.